The van der Waals surface area contributed by atoms with Gasteiger partial charge in [0.1, 0.15) is 11.6 Å². The standard InChI is InChI=1S/C13H18N4OS/c1-14-6-7-15-13-16-12(17-19-13)9-10-4-3-5-11(8-10)18-2/h3-5,8,14H,6-7,9H2,1-2H3,(H,15,16,17). The van der Waals surface area contributed by atoms with Crippen LogP contribution in [0.15, 0.2) is 24.3 Å². The molecule has 0 bridgehead atoms. The highest BCUT2D eigenvalue weighted by atomic mass is 32.1. The molecule has 6 heteroatoms. The van der Waals surface area contributed by atoms with Crippen molar-refractivity contribution in [2.45, 2.75) is 6.42 Å². The molecular formula is C13H18N4OS. The molecule has 0 fully saturated rings. The molecule has 1 aromatic heterocycles. The quantitative estimate of drug-likeness (QED) is 0.756. The number of ether oxygens (including phenoxy) is 1. The second-order valence-electron chi connectivity index (χ2n) is 4.07. The van der Waals surface area contributed by atoms with E-state index < -0.39 is 0 Å². The summed E-state index contributed by atoms with van der Waals surface area (Å²) in [7, 11) is 3.60. The van der Waals surface area contributed by atoms with Gasteiger partial charge < -0.3 is 15.4 Å². The zero-order valence-corrected chi connectivity index (χ0v) is 12.0. The van der Waals surface area contributed by atoms with Gasteiger partial charge in [-0.2, -0.15) is 4.37 Å². The van der Waals surface area contributed by atoms with Crippen LogP contribution >= 0.6 is 11.5 Å². The van der Waals surface area contributed by atoms with Crippen molar-refractivity contribution in [3.05, 3.63) is 35.7 Å². The molecule has 1 aromatic carbocycles. The fraction of sp³-hybridized carbons (Fsp3) is 0.385. The van der Waals surface area contributed by atoms with Crippen molar-refractivity contribution in [1.29, 1.82) is 0 Å². The third-order valence-electron chi connectivity index (χ3n) is 2.62. The zero-order chi connectivity index (χ0) is 13.5. The largest absolute Gasteiger partial charge is 0.497 e. The average molecular weight is 278 g/mol. The van der Waals surface area contributed by atoms with Crippen molar-refractivity contribution in [2.24, 2.45) is 0 Å². The number of hydrogen-bond donors (Lipinski definition) is 2. The van der Waals surface area contributed by atoms with E-state index in [9.17, 15) is 0 Å². The van der Waals surface area contributed by atoms with Gasteiger partial charge in [0.15, 0.2) is 0 Å². The number of hydrogen-bond acceptors (Lipinski definition) is 6. The fourth-order valence-corrected chi connectivity index (χ4v) is 2.27. The number of aromatic nitrogens is 2. The van der Waals surface area contributed by atoms with Crippen molar-refractivity contribution in [2.75, 3.05) is 32.6 Å². The van der Waals surface area contributed by atoms with Crippen LogP contribution in [0.2, 0.25) is 0 Å². The molecule has 0 atom stereocenters. The Hall–Kier alpha value is -1.66. The third kappa shape index (κ3) is 4.18. The number of likely N-dealkylation sites (N-methyl/N-ethyl adjacent to an activating group) is 1. The number of nitrogens with zero attached hydrogens (tertiary/aromatic N) is 2. The maximum Gasteiger partial charge on any atom is 0.202 e. The first-order valence-corrected chi connectivity index (χ1v) is 6.93. The minimum atomic E-state index is 0.724. The van der Waals surface area contributed by atoms with Crippen LogP contribution in [0.5, 0.6) is 5.75 Å². The molecule has 0 aliphatic heterocycles. The Morgan fingerprint density at radius 2 is 2.21 bits per heavy atom. The second-order valence-corrected chi connectivity index (χ2v) is 4.83. The molecule has 0 saturated heterocycles. The Morgan fingerprint density at radius 3 is 3.00 bits per heavy atom. The number of rotatable bonds is 7. The van der Waals surface area contributed by atoms with Gasteiger partial charge in [-0.25, -0.2) is 4.98 Å². The summed E-state index contributed by atoms with van der Waals surface area (Å²) in [6.45, 7) is 1.76. The summed E-state index contributed by atoms with van der Waals surface area (Å²) in [6.07, 6.45) is 0.724. The molecule has 102 valence electrons. The predicted octanol–water partition coefficient (Wildman–Crippen LogP) is 1.77. The van der Waals surface area contributed by atoms with Crippen LogP contribution in [-0.4, -0.2) is 36.6 Å². The van der Waals surface area contributed by atoms with Crippen LogP contribution < -0.4 is 15.4 Å². The van der Waals surface area contributed by atoms with Gasteiger partial charge in [0.05, 0.1) is 7.11 Å². The van der Waals surface area contributed by atoms with E-state index in [-0.39, 0.29) is 0 Å². The van der Waals surface area contributed by atoms with Gasteiger partial charge in [0, 0.05) is 31.0 Å². The SMILES string of the molecule is CNCCNc1nc(Cc2cccc(OC)c2)ns1. The molecule has 2 rings (SSSR count). The normalized spacial score (nSPS) is 10.4. The Labute approximate surface area is 117 Å². The molecule has 2 N–H and O–H groups in total. The molecule has 0 unspecified atom stereocenters. The van der Waals surface area contributed by atoms with Crippen molar-refractivity contribution in [1.82, 2.24) is 14.7 Å². The summed E-state index contributed by atoms with van der Waals surface area (Å²) >= 11 is 1.40. The number of methoxy groups -OCH3 is 1. The predicted molar refractivity (Wildman–Crippen MR) is 78.1 cm³/mol. The molecule has 2 aromatic rings. The highest BCUT2D eigenvalue weighted by Gasteiger charge is 2.05. The van der Waals surface area contributed by atoms with Crippen LogP contribution in [0.4, 0.5) is 5.13 Å². The lowest BCUT2D eigenvalue weighted by Gasteiger charge is -2.02. The molecule has 0 spiro atoms. The lowest BCUT2D eigenvalue weighted by molar-refractivity contribution is 0.414. The van der Waals surface area contributed by atoms with Gasteiger partial charge in [-0.3, -0.25) is 0 Å². The Morgan fingerprint density at radius 1 is 1.32 bits per heavy atom. The Balaban J connectivity index is 1.95. The van der Waals surface area contributed by atoms with Gasteiger partial charge in [0.2, 0.25) is 5.13 Å². The smallest absolute Gasteiger partial charge is 0.202 e. The molecular weight excluding hydrogens is 260 g/mol. The monoisotopic (exact) mass is 278 g/mol. The summed E-state index contributed by atoms with van der Waals surface area (Å²) in [5.74, 6) is 1.70. The molecule has 0 aliphatic rings. The third-order valence-corrected chi connectivity index (χ3v) is 3.33. The molecule has 0 amide bonds. The maximum absolute atomic E-state index is 5.21. The van der Waals surface area contributed by atoms with E-state index in [1.165, 1.54) is 11.5 Å². The van der Waals surface area contributed by atoms with E-state index in [0.29, 0.717) is 0 Å². The Bertz CT molecular complexity index is 515. The first-order chi connectivity index (χ1) is 9.31. The van der Waals surface area contributed by atoms with E-state index in [1.807, 2.05) is 25.2 Å². The highest BCUT2D eigenvalue weighted by Crippen LogP contribution is 2.17. The second kappa shape index (κ2) is 7.06. The van der Waals surface area contributed by atoms with Crippen molar-refractivity contribution in [3.63, 3.8) is 0 Å². The molecule has 0 aliphatic carbocycles. The first-order valence-electron chi connectivity index (χ1n) is 6.16. The minimum Gasteiger partial charge on any atom is -0.497 e. The van der Waals surface area contributed by atoms with Crippen molar-refractivity contribution >= 4 is 16.7 Å². The van der Waals surface area contributed by atoms with Crippen molar-refractivity contribution in [3.8, 4) is 5.75 Å². The van der Waals surface area contributed by atoms with Gasteiger partial charge >= 0.3 is 0 Å². The van der Waals surface area contributed by atoms with E-state index in [2.05, 4.69) is 26.1 Å². The first kappa shape index (κ1) is 13.8. The minimum absolute atomic E-state index is 0.724. The summed E-state index contributed by atoms with van der Waals surface area (Å²) in [6, 6.07) is 7.97. The Kier molecular flexibility index (Phi) is 5.11. The maximum atomic E-state index is 5.21. The summed E-state index contributed by atoms with van der Waals surface area (Å²) in [5, 5.41) is 7.18. The van der Waals surface area contributed by atoms with Crippen LogP contribution in [0.1, 0.15) is 11.4 Å². The van der Waals surface area contributed by atoms with Gasteiger partial charge in [-0.05, 0) is 24.7 Å². The van der Waals surface area contributed by atoms with E-state index in [1.54, 1.807) is 7.11 Å². The van der Waals surface area contributed by atoms with Gasteiger partial charge in [-0.15, -0.1) is 0 Å². The molecule has 19 heavy (non-hydrogen) atoms. The molecule has 0 saturated carbocycles. The fourth-order valence-electron chi connectivity index (χ4n) is 1.66. The van der Waals surface area contributed by atoms with Crippen LogP contribution in [0, 0.1) is 0 Å². The molecule has 0 radical (unpaired) electrons. The summed E-state index contributed by atoms with van der Waals surface area (Å²) < 4.78 is 9.56. The lowest BCUT2D eigenvalue weighted by Crippen LogP contribution is -2.17. The van der Waals surface area contributed by atoms with Crippen LogP contribution in [-0.2, 0) is 6.42 Å². The van der Waals surface area contributed by atoms with Crippen LogP contribution in [0.3, 0.4) is 0 Å². The topological polar surface area (TPSA) is 59.1 Å². The highest BCUT2D eigenvalue weighted by molar-refractivity contribution is 7.09. The number of benzene rings is 1. The van der Waals surface area contributed by atoms with E-state index in [0.717, 1.165) is 41.8 Å². The van der Waals surface area contributed by atoms with Gasteiger partial charge in [0.25, 0.3) is 0 Å². The van der Waals surface area contributed by atoms with Crippen LogP contribution in [0.25, 0.3) is 0 Å². The summed E-state index contributed by atoms with van der Waals surface area (Å²) in [5.41, 5.74) is 1.15. The average Bonchev–Trinajstić information content (AvgIpc) is 2.87. The molecule has 5 nitrogen and oxygen atoms in total. The number of nitrogens with one attached hydrogen (secondary N) is 2. The lowest BCUT2D eigenvalue weighted by atomic mass is 10.1. The molecule has 1 heterocycles. The van der Waals surface area contributed by atoms with E-state index in [4.69, 9.17) is 4.74 Å². The van der Waals surface area contributed by atoms with E-state index >= 15 is 0 Å². The zero-order valence-electron chi connectivity index (χ0n) is 11.1. The number of anilines is 1. The summed E-state index contributed by atoms with van der Waals surface area (Å²) in [4.78, 5) is 4.46. The van der Waals surface area contributed by atoms with Crippen molar-refractivity contribution < 1.29 is 4.74 Å². The van der Waals surface area contributed by atoms with Gasteiger partial charge in [-0.1, -0.05) is 12.1 Å².